The molecule has 19 heavy (non-hydrogen) atoms. The molecule has 0 bridgehead atoms. The Bertz CT molecular complexity index is 458. The van der Waals surface area contributed by atoms with Gasteiger partial charge < -0.3 is 10.6 Å². The molecule has 4 heteroatoms. The summed E-state index contributed by atoms with van der Waals surface area (Å²) >= 11 is 0. The zero-order valence-corrected chi connectivity index (χ0v) is 11.0. The molecule has 100 valence electrons. The molecule has 1 heterocycles. The van der Waals surface area contributed by atoms with Crippen molar-refractivity contribution in [3.05, 3.63) is 35.9 Å². The second-order valence-corrected chi connectivity index (χ2v) is 4.69. The number of terminal acetylenes is 1. The molecular weight excluding hydrogens is 238 g/mol. The third-order valence-electron chi connectivity index (χ3n) is 3.42. The van der Waals surface area contributed by atoms with Crippen LogP contribution in [0.4, 0.5) is 0 Å². The molecule has 1 atom stereocenters. The summed E-state index contributed by atoms with van der Waals surface area (Å²) in [5, 5.41) is 0. The van der Waals surface area contributed by atoms with Crippen molar-refractivity contribution in [3.63, 3.8) is 0 Å². The number of hydrogen-bond donors (Lipinski definition) is 1. The Labute approximate surface area is 114 Å². The minimum absolute atomic E-state index is 0.00782. The fraction of sp³-hybridized carbons (Fsp3) is 0.400. The first-order valence-corrected chi connectivity index (χ1v) is 6.47. The molecule has 2 rings (SSSR count). The molecule has 0 saturated carbocycles. The Morgan fingerprint density at radius 3 is 2.47 bits per heavy atom. The van der Waals surface area contributed by atoms with Gasteiger partial charge in [0.1, 0.15) is 6.04 Å². The van der Waals surface area contributed by atoms with Gasteiger partial charge in [0, 0.05) is 26.2 Å². The number of hydrogen-bond acceptors (Lipinski definition) is 3. The van der Waals surface area contributed by atoms with E-state index in [9.17, 15) is 4.79 Å². The van der Waals surface area contributed by atoms with E-state index in [1.165, 1.54) is 0 Å². The zero-order chi connectivity index (χ0) is 13.7. The molecule has 1 saturated heterocycles. The predicted molar refractivity (Wildman–Crippen MR) is 75.2 cm³/mol. The summed E-state index contributed by atoms with van der Waals surface area (Å²) in [7, 11) is 0. The first kappa shape index (κ1) is 13.6. The third kappa shape index (κ3) is 3.34. The van der Waals surface area contributed by atoms with Gasteiger partial charge in [-0.05, 0) is 5.56 Å². The number of nitrogens with zero attached hydrogens (tertiary/aromatic N) is 2. The van der Waals surface area contributed by atoms with E-state index in [0.717, 1.165) is 18.7 Å². The highest BCUT2D eigenvalue weighted by atomic mass is 16.2. The number of benzene rings is 1. The average Bonchev–Trinajstić information content (AvgIpc) is 2.48. The smallest absolute Gasteiger partial charge is 0.244 e. The van der Waals surface area contributed by atoms with Gasteiger partial charge in [-0.25, -0.2) is 0 Å². The van der Waals surface area contributed by atoms with Crippen molar-refractivity contribution in [2.75, 3.05) is 32.7 Å². The van der Waals surface area contributed by atoms with Crippen LogP contribution in [0.15, 0.2) is 30.3 Å². The largest absolute Gasteiger partial charge is 0.338 e. The molecule has 1 amide bonds. The number of rotatable bonds is 3. The summed E-state index contributed by atoms with van der Waals surface area (Å²) in [5.41, 5.74) is 6.89. The summed E-state index contributed by atoms with van der Waals surface area (Å²) in [6.45, 7) is 3.67. The number of piperazine rings is 1. The summed E-state index contributed by atoms with van der Waals surface area (Å²) < 4.78 is 0. The lowest BCUT2D eigenvalue weighted by molar-refractivity contribution is -0.134. The Kier molecular flexibility index (Phi) is 4.56. The van der Waals surface area contributed by atoms with E-state index >= 15 is 0 Å². The topological polar surface area (TPSA) is 49.6 Å². The molecule has 4 nitrogen and oxygen atoms in total. The van der Waals surface area contributed by atoms with Crippen LogP contribution in [0.1, 0.15) is 11.6 Å². The number of nitrogens with two attached hydrogens (primary N) is 1. The molecule has 1 aromatic carbocycles. The Morgan fingerprint density at radius 1 is 1.26 bits per heavy atom. The van der Waals surface area contributed by atoms with Crippen LogP contribution in [0.5, 0.6) is 0 Å². The standard InChI is InChI=1S/C15H19N3O/c1-2-8-17-9-11-18(12-10-17)15(19)14(16)13-6-4-3-5-7-13/h1,3-7,14H,8-12,16H2/t14-/m0/s1. The van der Waals surface area contributed by atoms with Crippen molar-refractivity contribution in [3.8, 4) is 12.3 Å². The second kappa shape index (κ2) is 6.37. The van der Waals surface area contributed by atoms with Gasteiger partial charge >= 0.3 is 0 Å². The first-order valence-electron chi connectivity index (χ1n) is 6.47. The molecule has 0 unspecified atom stereocenters. The highest BCUT2D eigenvalue weighted by molar-refractivity contribution is 5.83. The Balaban J connectivity index is 1.93. The summed E-state index contributed by atoms with van der Waals surface area (Å²) in [6.07, 6.45) is 5.29. The van der Waals surface area contributed by atoms with Crippen molar-refractivity contribution in [2.45, 2.75) is 6.04 Å². The molecular formula is C15H19N3O. The van der Waals surface area contributed by atoms with E-state index in [2.05, 4.69) is 10.8 Å². The van der Waals surface area contributed by atoms with E-state index < -0.39 is 6.04 Å². The van der Waals surface area contributed by atoms with Crippen molar-refractivity contribution < 1.29 is 4.79 Å². The van der Waals surface area contributed by atoms with E-state index in [1.807, 2.05) is 35.2 Å². The van der Waals surface area contributed by atoms with E-state index in [0.29, 0.717) is 19.6 Å². The average molecular weight is 257 g/mol. The van der Waals surface area contributed by atoms with Gasteiger partial charge in [0.15, 0.2) is 0 Å². The van der Waals surface area contributed by atoms with Crippen molar-refractivity contribution in [1.82, 2.24) is 9.80 Å². The molecule has 2 N–H and O–H groups in total. The lowest BCUT2D eigenvalue weighted by Gasteiger charge is -2.35. The molecule has 0 aliphatic carbocycles. The third-order valence-corrected chi connectivity index (χ3v) is 3.42. The molecule has 0 spiro atoms. The number of amides is 1. The van der Waals surface area contributed by atoms with Gasteiger partial charge in [-0.1, -0.05) is 36.3 Å². The monoisotopic (exact) mass is 257 g/mol. The highest BCUT2D eigenvalue weighted by Crippen LogP contribution is 2.14. The number of carbonyl (C=O) groups is 1. The fourth-order valence-corrected chi connectivity index (χ4v) is 2.26. The van der Waals surface area contributed by atoms with Gasteiger partial charge in [0.05, 0.1) is 6.54 Å². The summed E-state index contributed by atoms with van der Waals surface area (Å²) in [6, 6.07) is 8.91. The van der Waals surface area contributed by atoms with Crippen LogP contribution < -0.4 is 5.73 Å². The predicted octanol–water partition coefficient (Wildman–Crippen LogP) is 0.464. The van der Waals surface area contributed by atoms with E-state index in [1.54, 1.807) is 0 Å². The molecule has 1 aliphatic rings. The van der Waals surface area contributed by atoms with Crippen LogP contribution >= 0.6 is 0 Å². The lowest BCUT2D eigenvalue weighted by atomic mass is 10.1. The minimum atomic E-state index is -0.569. The maximum Gasteiger partial charge on any atom is 0.244 e. The maximum absolute atomic E-state index is 12.3. The summed E-state index contributed by atoms with van der Waals surface area (Å²) in [4.78, 5) is 16.3. The molecule has 1 aliphatic heterocycles. The molecule has 1 fully saturated rings. The SMILES string of the molecule is C#CCN1CCN(C(=O)[C@@H](N)c2ccccc2)CC1. The van der Waals surface area contributed by atoms with Gasteiger partial charge in [0.2, 0.25) is 5.91 Å². The van der Waals surface area contributed by atoms with Crippen molar-refractivity contribution >= 4 is 5.91 Å². The van der Waals surface area contributed by atoms with Crippen molar-refractivity contribution in [2.24, 2.45) is 5.73 Å². The molecule has 0 aromatic heterocycles. The second-order valence-electron chi connectivity index (χ2n) is 4.69. The van der Waals surface area contributed by atoms with E-state index in [-0.39, 0.29) is 5.91 Å². The Morgan fingerprint density at radius 2 is 1.89 bits per heavy atom. The number of carbonyl (C=O) groups excluding carboxylic acids is 1. The van der Waals surface area contributed by atoms with Gasteiger partial charge in [-0.3, -0.25) is 9.69 Å². The molecule has 0 radical (unpaired) electrons. The van der Waals surface area contributed by atoms with Crippen LogP contribution in [-0.4, -0.2) is 48.4 Å². The van der Waals surface area contributed by atoms with Gasteiger partial charge in [-0.15, -0.1) is 6.42 Å². The lowest BCUT2D eigenvalue weighted by Crippen LogP contribution is -2.51. The fourth-order valence-electron chi connectivity index (χ4n) is 2.26. The van der Waals surface area contributed by atoms with Crippen LogP contribution in [0.3, 0.4) is 0 Å². The zero-order valence-electron chi connectivity index (χ0n) is 11.0. The van der Waals surface area contributed by atoms with Gasteiger partial charge in [-0.2, -0.15) is 0 Å². The Hall–Kier alpha value is -1.83. The minimum Gasteiger partial charge on any atom is -0.338 e. The van der Waals surface area contributed by atoms with Crippen LogP contribution in [-0.2, 0) is 4.79 Å². The maximum atomic E-state index is 12.3. The van der Waals surface area contributed by atoms with Crippen molar-refractivity contribution in [1.29, 1.82) is 0 Å². The normalized spacial score (nSPS) is 17.8. The van der Waals surface area contributed by atoms with Crippen LogP contribution in [0.25, 0.3) is 0 Å². The first-order chi connectivity index (χ1) is 9.22. The van der Waals surface area contributed by atoms with Crippen LogP contribution in [0, 0.1) is 12.3 Å². The highest BCUT2D eigenvalue weighted by Gasteiger charge is 2.25. The van der Waals surface area contributed by atoms with Crippen LogP contribution in [0.2, 0.25) is 0 Å². The summed E-state index contributed by atoms with van der Waals surface area (Å²) in [5.74, 6) is 2.62. The van der Waals surface area contributed by atoms with Gasteiger partial charge in [0.25, 0.3) is 0 Å². The van der Waals surface area contributed by atoms with E-state index in [4.69, 9.17) is 12.2 Å². The molecule has 1 aromatic rings. The quantitative estimate of drug-likeness (QED) is 0.801.